The molecule has 0 unspecified atom stereocenters. The Hall–Kier alpha value is -1.60. The molecule has 20 heavy (non-hydrogen) atoms. The van der Waals surface area contributed by atoms with Crippen LogP contribution in [0, 0.1) is 0 Å². The van der Waals surface area contributed by atoms with Gasteiger partial charge in [-0.1, -0.05) is 70.2 Å². The highest BCUT2D eigenvalue weighted by Crippen LogP contribution is 2.33. The summed E-state index contributed by atoms with van der Waals surface area (Å²) in [4.78, 5) is 0. The molecule has 0 aliphatic rings. The summed E-state index contributed by atoms with van der Waals surface area (Å²) >= 11 is 0. The lowest BCUT2D eigenvalue weighted by Crippen LogP contribution is -2.02. The molecule has 0 aliphatic carbocycles. The Balaban J connectivity index is 2.61. The minimum absolute atomic E-state index is 0.509. The second kappa shape index (κ2) is 6.23. The third-order valence-electron chi connectivity index (χ3n) is 3.89. The molecule has 0 aliphatic heterocycles. The van der Waals surface area contributed by atoms with E-state index in [9.17, 15) is 0 Å². The Kier molecular flexibility index (Phi) is 4.61. The molecule has 106 valence electrons. The van der Waals surface area contributed by atoms with E-state index in [-0.39, 0.29) is 0 Å². The Labute approximate surface area is 122 Å². The normalized spacial score (nSPS) is 11.3. The minimum Gasteiger partial charge on any atom is -0.326 e. The van der Waals surface area contributed by atoms with E-state index in [0.29, 0.717) is 18.4 Å². The molecule has 0 fully saturated rings. The second-order valence-electron chi connectivity index (χ2n) is 6.02. The lowest BCUT2D eigenvalue weighted by atomic mass is 9.87. The van der Waals surface area contributed by atoms with Crippen molar-refractivity contribution in [3.63, 3.8) is 0 Å². The van der Waals surface area contributed by atoms with Gasteiger partial charge in [0.25, 0.3) is 0 Å². The van der Waals surface area contributed by atoms with Crippen LogP contribution in [-0.4, -0.2) is 0 Å². The van der Waals surface area contributed by atoms with Gasteiger partial charge in [0.15, 0.2) is 0 Å². The van der Waals surface area contributed by atoms with Gasteiger partial charge < -0.3 is 5.73 Å². The van der Waals surface area contributed by atoms with Crippen molar-refractivity contribution in [2.45, 2.75) is 46.1 Å². The van der Waals surface area contributed by atoms with Crippen LogP contribution in [0.2, 0.25) is 0 Å². The van der Waals surface area contributed by atoms with E-state index in [1.165, 1.54) is 27.8 Å². The predicted octanol–water partition coefficient (Wildman–Crippen LogP) is 5.06. The maximum Gasteiger partial charge on any atom is 0.0184 e. The lowest BCUT2D eigenvalue weighted by Gasteiger charge is -2.18. The van der Waals surface area contributed by atoms with Gasteiger partial charge in [0, 0.05) is 6.54 Å². The molecule has 0 radical (unpaired) electrons. The quantitative estimate of drug-likeness (QED) is 0.823. The van der Waals surface area contributed by atoms with Gasteiger partial charge in [-0.05, 0) is 39.7 Å². The molecular formula is C19H25N. The first-order chi connectivity index (χ1) is 9.54. The van der Waals surface area contributed by atoms with Gasteiger partial charge in [-0.15, -0.1) is 0 Å². The summed E-state index contributed by atoms with van der Waals surface area (Å²) < 4.78 is 0. The topological polar surface area (TPSA) is 26.0 Å². The molecule has 0 aromatic heterocycles. The molecule has 2 rings (SSSR count). The van der Waals surface area contributed by atoms with E-state index in [0.717, 1.165) is 0 Å². The van der Waals surface area contributed by atoms with Gasteiger partial charge in [0.1, 0.15) is 0 Å². The summed E-state index contributed by atoms with van der Waals surface area (Å²) in [6.07, 6.45) is 0. The lowest BCUT2D eigenvalue weighted by molar-refractivity contribution is 0.835. The second-order valence-corrected chi connectivity index (χ2v) is 6.02. The van der Waals surface area contributed by atoms with E-state index in [1.54, 1.807) is 0 Å². The van der Waals surface area contributed by atoms with Gasteiger partial charge in [0.05, 0.1) is 0 Å². The maximum absolute atomic E-state index is 5.89. The Morgan fingerprint density at radius 3 is 2.15 bits per heavy atom. The molecule has 2 aromatic carbocycles. The van der Waals surface area contributed by atoms with E-state index in [4.69, 9.17) is 5.73 Å². The minimum atomic E-state index is 0.509. The summed E-state index contributed by atoms with van der Waals surface area (Å²) in [6, 6.07) is 15.3. The van der Waals surface area contributed by atoms with E-state index < -0.39 is 0 Å². The van der Waals surface area contributed by atoms with Crippen LogP contribution >= 0.6 is 0 Å². The first-order valence-corrected chi connectivity index (χ1v) is 7.46. The van der Waals surface area contributed by atoms with E-state index >= 15 is 0 Å². The van der Waals surface area contributed by atoms with Crippen LogP contribution in [0.3, 0.4) is 0 Å². The van der Waals surface area contributed by atoms with Crippen molar-refractivity contribution in [2.24, 2.45) is 5.73 Å². The molecule has 1 heteroatoms. The van der Waals surface area contributed by atoms with Crippen molar-refractivity contribution in [1.29, 1.82) is 0 Å². The first-order valence-electron chi connectivity index (χ1n) is 7.46. The summed E-state index contributed by atoms with van der Waals surface area (Å²) in [5.74, 6) is 1.07. The molecule has 0 saturated heterocycles. The van der Waals surface area contributed by atoms with Gasteiger partial charge >= 0.3 is 0 Å². The highest BCUT2D eigenvalue weighted by molar-refractivity contribution is 5.71. The SMILES string of the molecule is CC(C)c1ccc(-c2ccccc2CN)c(C(C)C)c1. The van der Waals surface area contributed by atoms with E-state index in [2.05, 4.69) is 70.2 Å². The van der Waals surface area contributed by atoms with Crippen LogP contribution < -0.4 is 5.73 Å². The number of rotatable bonds is 4. The fourth-order valence-electron chi connectivity index (χ4n) is 2.62. The average molecular weight is 267 g/mol. The molecule has 0 bridgehead atoms. The van der Waals surface area contributed by atoms with Crippen LogP contribution in [0.25, 0.3) is 11.1 Å². The van der Waals surface area contributed by atoms with Crippen LogP contribution in [0.5, 0.6) is 0 Å². The Morgan fingerprint density at radius 2 is 1.55 bits per heavy atom. The monoisotopic (exact) mass is 267 g/mol. The van der Waals surface area contributed by atoms with Crippen molar-refractivity contribution in [3.8, 4) is 11.1 Å². The highest BCUT2D eigenvalue weighted by Gasteiger charge is 2.13. The van der Waals surface area contributed by atoms with Crippen molar-refractivity contribution in [1.82, 2.24) is 0 Å². The van der Waals surface area contributed by atoms with Gasteiger partial charge in [-0.2, -0.15) is 0 Å². The van der Waals surface area contributed by atoms with Crippen LogP contribution in [0.4, 0.5) is 0 Å². The summed E-state index contributed by atoms with van der Waals surface area (Å²) in [5, 5.41) is 0. The maximum atomic E-state index is 5.89. The number of nitrogens with two attached hydrogens (primary N) is 1. The molecule has 0 heterocycles. The standard InChI is InChI=1S/C19H25N/c1-13(2)15-9-10-18(19(11-15)14(3)4)17-8-6-5-7-16(17)12-20/h5-11,13-14H,12,20H2,1-4H3. The molecule has 0 saturated carbocycles. The molecule has 2 N–H and O–H groups in total. The van der Waals surface area contributed by atoms with Crippen molar-refractivity contribution in [2.75, 3.05) is 0 Å². The van der Waals surface area contributed by atoms with Gasteiger partial charge in [-0.25, -0.2) is 0 Å². The van der Waals surface area contributed by atoms with Gasteiger partial charge in [0.2, 0.25) is 0 Å². The number of hydrogen-bond acceptors (Lipinski definition) is 1. The Morgan fingerprint density at radius 1 is 0.850 bits per heavy atom. The summed E-state index contributed by atoms with van der Waals surface area (Å²) in [6.45, 7) is 9.58. The van der Waals surface area contributed by atoms with Crippen LogP contribution in [0.15, 0.2) is 42.5 Å². The smallest absolute Gasteiger partial charge is 0.0184 e. The Bertz CT molecular complexity index is 582. The highest BCUT2D eigenvalue weighted by atomic mass is 14.5. The molecule has 2 aromatic rings. The summed E-state index contributed by atoms with van der Waals surface area (Å²) in [7, 11) is 0. The molecule has 0 spiro atoms. The van der Waals surface area contributed by atoms with Crippen molar-refractivity contribution in [3.05, 3.63) is 59.2 Å². The fraction of sp³-hybridized carbons (Fsp3) is 0.368. The zero-order valence-electron chi connectivity index (χ0n) is 13.0. The van der Waals surface area contributed by atoms with Crippen molar-refractivity contribution < 1.29 is 0 Å². The van der Waals surface area contributed by atoms with E-state index in [1.807, 2.05) is 0 Å². The van der Waals surface area contributed by atoms with Crippen LogP contribution in [-0.2, 0) is 6.54 Å². The molecule has 0 atom stereocenters. The number of hydrogen-bond donors (Lipinski definition) is 1. The molecule has 1 nitrogen and oxygen atoms in total. The van der Waals surface area contributed by atoms with Crippen molar-refractivity contribution >= 4 is 0 Å². The molecular weight excluding hydrogens is 242 g/mol. The zero-order chi connectivity index (χ0) is 14.7. The largest absolute Gasteiger partial charge is 0.326 e. The average Bonchev–Trinajstić information content (AvgIpc) is 2.46. The van der Waals surface area contributed by atoms with Gasteiger partial charge in [-0.3, -0.25) is 0 Å². The number of benzene rings is 2. The third-order valence-corrected chi connectivity index (χ3v) is 3.89. The fourth-order valence-corrected chi connectivity index (χ4v) is 2.62. The third kappa shape index (κ3) is 2.94. The predicted molar refractivity (Wildman–Crippen MR) is 87.9 cm³/mol. The zero-order valence-corrected chi connectivity index (χ0v) is 13.0. The van der Waals surface area contributed by atoms with Crippen LogP contribution in [0.1, 0.15) is 56.2 Å². The molecule has 0 amide bonds. The summed E-state index contributed by atoms with van der Waals surface area (Å²) in [5.41, 5.74) is 12.5. The first kappa shape index (κ1) is 14.8.